The fourth-order valence-electron chi connectivity index (χ4n) is 2.43. The van der Waals surface area contributed by atoms with E-state index < -0.39 is 0 Å². The van der Waals surface area contributed by atoms with Gasteiger partial charge in [-0.3, -0.25) is 4.79 Å². The summed E-state index contributed by atoms with van der Waals surface area (Å²) in [6.45, 7) is 4.57. The van der Waals surface area contributed by atoms with E-state index in [1.165, 1.54) is 0 Å². The maximum Gasteiger partial charge on any atom is 0.223 e. The number of hydrogen-bond acceptors (Lipinski definition) is 3. The molecule has 0 bridgehead atoms. The summed E-state index contributed by atoms with van der Waals surface area (Å²) < 4.78 is 0. The van der Waals surface area contributed by atoms with Gasteiger partial charge in [-0.05, 0) is 45.6 Å². The molecule has 1 fully saturated rings. The van der Waals surface area contributed by atoms with Gasteiger partial charge in [0.05, 0.1) is 0 Å². The van der Waals surface area contributed by atoms with Crippen molar-refractivity contribution >= 4 is 5.91 Å². The first kappa shape index (κ1) is 13.5. The van der Waals surface area contributed by atoms with Gasteiger partial charge in [0.2, 0.25) is 5.91 Å². The lowest BCUT2D eigenvalue weighted by molar-refractivity contribution is -0.127. The standard InChI is InChI=1S/C12H24N2O2/c1-12(2,6-7-15)14-11(16)10-5-3-4-9(10)8-13/h9-10,15H,3-8,13H2,1-2H3,(H,14,16). The van der Waals surface area contributed by atoms with Crippen LogP contribution in [-0.2, 0) is 4.79 Å². The molecular formula is C12H24N2O2. The van der Waals surface area contributed by atoms with Crippen LogP contribution >= 0.6 is 0 Å². The molecule has 0 aromatic rings. The summed E-state index contributed by atoms with van der Waals surface area (Å²) in [6.07, 6.45) is 3.69. The lowest BCUT2D eigenvalue weighted by atomic mass is 9.93. The van der Waals surface area contributed by atoms with Crippen LogP contribution in [0.4, 0.5) is 0 Å². The van der Waals surface area contributed by atoms with Crippen LogP contribution in [0, 0.1) is 11.8 Å². The summed E-state index contributed by atoms with van der Waals surface area (Å²) in [4.78, 5) is 12.1. The molecule has 2 unspecified atom stereocenters. The molecule has 0 saturated heterocycles. The zero-order chi connectivity index (χ0) is 12.2. The minimum Gasteiger partial charge on any atom is -0.396 e. The van der Waals surface area contributed by atoms with Crippen LogP contribution in [0.25, 0.3) is 0 Å². The highest BCUT2D eigenvalue weighted by Gasteiger charge is 2.34. The molecule has 4 heteroatoms. The maximum absolute atomic E-state index is 12.1. The summed E-state index contributed by atoms with van der Waals surface area (Å²) in [5, 5.41) is 11.9. The number of carbonyl (C=O) groups excluding carboxylic acids is 1. The van der Waals surface area contributed by atoms with Gasteiger partial charge in [-0.1, -0.05) is 6.42 Å². The maximum atomic E-state index is 12.1. The predicted octanol–water partition coefficient (Wildman–Crippen LogP) is 0.639. The minimum atomic E-state index is -0.326. The van der Waals surface area contributed by atoms with E-state index in [1.807, 2.05) is 13.8 Å². The zero-order valence-corrected chi connectivity index (χ0v) is 10.3. The molecule has 1 saturated carbocycles. The molecule has 1 aliphatic rings. The molecular weight excluding hydrogens is 204 g/mol. The van der Waals surface area contributed by atoms with Crippen LogP contribution in [0.3, 0.4) is 0 Å². The number of aliphatic hydroxyl groups is 1. The third-order valence-corrected chi connectivity index (χ3v) is 3.50. The van der Waals surface area contributed by atoms with Gasteiger partial charge < -0.3 is 16.2 Å². The van der Waals surface area contributed by atoms with Crippen molar-refractivity contribution in [3.05, 3.63) is 0 Å². The summed E-state index contributed by atoms with van der Waals surface area (Å²) in [7, 11) is 0. The van der Waals surface area contributed by atoms with Gasteiger partial charge in [0, 0.05) is 18.1 Å². The Labute approximate surface area is 97.6 Å². The molecule has 0 aliphatic heterocycles. The predicted molar refractivity (Wildman–Crippen MR) is 63.8 cm³/mol. The molecule has 0 radical (unpaired) electrons. The van der Waals surface area contributed by atoms with Crippen LogP contribution in [0.1, 0.15) is 39.5 Å². The van der Waals surface area contributed by atoms with Crippen molar-refractivity contribution in [3.63, 3.8) is 0 Å². The molecule has 2 atom stereocenters. The van der Waals surface area contributed by atoms with Crippen LogP contribution in [0.15, 0.2) is 0 Å². The second-order valence-corrected chi connectivity index (χ2v) is 5.38. The monoisotopic (exact) mass is 228 g/mol. The van der Waals surface area contributed by atoms with Crippen molar-refractivity contribution in [2.45, 2.75) is 45.1 Å². The third-order valence-electron chi connectivity index (χ3n) is 3.50. The van der Waals surface area contributed by atoms with Gasteiger partial charge in [-0.15, -0.1) is 0 Å². The van der Waals surface area contributed by atoms with E-state index in [9.17, 15) is 4.79 Å². The Morgan fingerprint density at radius 3 is 2.75 bits per heavy atom. The van der Waals surface area contributed by atoms with E-state index in [0.717, 1.165) is 19.3 Å². The van der Waals surface area contributed by atoms with Gasteiger partial charge in [0.15, 0.2) is 0 Å². The average Bonchev–Trinajstić information content (AvgIpc) is 2.64. The molecule has 0 aromatic carbocycles. The Kier molecular flexibility index (Phi) is 4.74. The van der Waals surface area contributed by atoms with Gasteiger partial charge in [0.1, 0.15) is 0 Å². The number of carbonyl (C=O) groups is 1. The number of amides is 1. The normalized spacial score (nSPS) is 25.8. The van der Waals surface area contributed by atoms with E-state index in [4.69, 9.17) is 10.8 Å². The first-order valence-electron chi connectivity index (χ1n) is 6.13. The van der Waals surface area contributed by atoms with Crippen molar-refractivity contribution in [2.75, 3.05) is 13.2 Å². The van der Waals surface area contributed by atoms with Crippen LogP contribution in [0.2, 0.25) is 0 Å². The number of aliphatic hydroxyl groups excluding tert-OH is 1. The van der Waals surface area contributed by atoms with Gasteiger partial charge in [0.25, 0.3) is 0 Å². The third kappa shape index (κ3) is 3.46. The van der Waals surface area contributed by atoms with E-state index in [2.05, 4.69) is 5.32 Å². The van der Waals surface area contributed by atoms with Gasteiger partial charge >= 0.3 is 0 Å². The quantitative estimate of drug-likeness (QED) is 0.646. The summed E-state index contributed by atoms with van der Waals surface area (Å²) in [6, 6.07) is 0. The summed E-state index contributed by atoms with van der Waals surface area (Å²) in [5.41, 5.74) is 5.34. The van der Waals surface area contributed by atoms with E-state index in [1.54, 1.807) is 0 Å². The Balaban J connectivity index is 2.51. The lowest BCUT2D eigenvalue weighted by Crippen LogP contribution is -2.47. The zero-order valence-electron chi connectivity index (χ0n) is 10.3. The highest BCUT2D eigenvalue weighted by molar-refractivity contribution is 5.80. The largest absolute Gasteiger partial charge is 0.396 e. The molecule has 1 aliphatic carbocycles. The van der Waals surface area contributed by atoms with E-state index in [0.29, 0.717) is 18.9 Å². The van der Waals surface area contributed by atoms with Crippen LogP contribution in [-0.4, -0.2) is 29.7 Å². The summed E-state index contributed by atoms with van der Waals surface area (Å²) >= 11 is 0. The molecule has 1 rings (SSSR count). The van der Waals surface area contributed by atoms with E-state index >= 15 is 0 Å². The van der Waals surface area contributed by atoms with E-state index in [-0.39, 0.29) is 24.0 Å². The fourth-order valence-corrected chi connectivity index (χ4v) is 2.43. The molecule has 4 nitrogen and oxygen atoms in total. The molecule has 1 amide bonds. The Morgan fingerprint density at radius 2 is 2.19 bits per heavy atom. The summed E-state index contributed by atoms with van der Waals surface area (Å²) in [5.74, 6) is 0.513. The van der Waals surface area contributed by atoms with Crippen molar-refractivity contribution < 1.29 is 9.90 Å². The lowest BCUT2D eigenvalue weighted by Gasteiger charge is -2.28. The highest BCUT2D eigenvalue weighted by Crippen LogP contribution is 2.31. The van der Waals surface area contributed by atoms with Crippen LogP contribution < -0.4 is 11.1 Å². The Morgan fingerprint density at radius 1 is 1.50 bits per heavy atom. The van der Waals surface area contributed by atoms with Gasteiger partial charge in [-0.2, -0.15) is 0 Å². The second-order valence-electron chi connectivity index (χ2n) is 5.38. The first-order valence-corrected chi connectivity index (χ1v) is 6.13. The average molecular weight is 228 g/mol. The first-order chi connectivity index (χ1) is 7.50. The van der Waals surface area contributed by atoms with Crippen molar-refractivity contribution in [2.24, 2.45) is 17.6 Å². The Bertz CT molecular complexity index is 241. The fraction of sp³-hybridized carbons (Fsp3) is 0.917. The molecule has 0 heterocycles. The van der Waals surface area contributed by atoms with Gasteiger partial charge in [-0.25, -0.2) is 0 Å². The second kappa shape index (κ2) is 5.64. The van der Waals surface area contributed by atoms with Crippen molar-refractivity contribution in [1.29, 1.82) is 0 Å². The molecule has 0 aromatic heterocycles. The SMILES string of the molecule is CC(C)(CCO)NC(=O)C1CCCC1CN. The number of nitrogens with two attached hydrogens (primary N) is 1. The number of rotatable bonds is 5. The molecule has 94 valence electrons. The molecule has 16 heavy (non-hydrogen) atoms. The highest BCUT2D eigenvalue weighted by atomic mass is 16.3. The van der Waals surface area contributed by atoms with Crippen molar-refractivity contribution in [3.8, 4) is 0 Å². The number of hydrogen-bond donors (Lipinski definition) is 3. The number of nitrogens with one attached hydrogen (secondary N) is 1. The van der Waals surface area contributed by atoms with Crippen molar-refractivity contribution in [1.82, 2.24) is 5.32 Å². The topological polar surface area (TPSA) is 75.3 Å². The molecule has 0 spiro atoms. The smallest absolute Gasteiger partial charge is 0.223 e. The molecule has 4 N–H and O–H groups in total. The Hall–Kier alpha value is -0.610. The minimum absolute atomic E-state index is 0.0722. The van der Waals surface area contributed by atoms with Crippen LogP contribution in [0.5, 0.6) is 0 Å².